The van der Waals surface area contributed by atoms with Crippen molar-refractivity contribution in [2.75, 3.05) is 37.6 Å². The van der Waals surface area contributed by atoms with Crippen molar-refractivity contribution in [1.82, 2.24) is 4.90 Å². The molecule has 0 amide bonds. The van der Waals surface area contributed by atoms with Gasteiger partial charge >= 0.3 is 0 Å². The van der Waals surface area contributed by atoms with E-state index in [0.717, 1.165) is 38.2 Å². The monoisotopic (exact) mass is 324 g/mol. The van der Waals surface area contributed by atoms with Crippen molar-refractivity contribution >= 4 is 5.69 Å². The maximum Gasteiger partial charge on any atom is 0.123 e. The molecule has 3 atom stereocenters. The van der Waals surface area contributed by atoms with Crippen LogP contribution in [-0.2, 0) is 0 Å². The normalized spacial score (nSPS) is 30.6. The summed E-state index contributed by atoms with van der Waals surface area (Å²) in [5.74, 6) is 0.300. The van der Waals surface area contributed by atoms with E-state index in [-0.39, 0.29) is 5.82 Å². The second-order valence-corrected chi connectivity index (χ2v) is 6.75. The van der Waals surface area contributed by atoms with Gasteiger partial charge in [0.15, 0.2) is 0 Å². The molecule has 0 bridgehead atoms. The fourth-order valence-electron chi connectivity index (χ4n) is 3.62. The first-order valence-corrected chi connectivity index (χ1v) is 8.30. The first kappa shape index (κ1) is 16.6. The molecule has 1 aromatic rings. The summed E-state index contributed by atoms with van der Waals surface area (Å²) in [6.07, 6.45) is -0.728. The number of aliphatic hydroxyl groups is 3. The van der Waals surface area contributed by atoms with Crippen LogP contribution >= 0.6 is 0 Å². The molecule has 0 radical (unpaired) electrons. The lowest BCUT2D eigenvalue weighted by Crippen LogP contribution is -2.56. The SMILES string of the molecule is O[C@H]1[C@H](O)CN(CC2CCN(c3ccc(F)cc3)CC2)C[C@@H]1O. The smallest absolute Gasteiger partial charge is 0.123 e. The van der Waals surface area contributed by atoms with Crippen molar-refractivity contribution in [1.29, 1.82) is 0 Å². The number of hydrogen-bond donors (Lipinski definition) is 3. The zero-order valence-electron chi connectivity index (χ0n) is 13.2. The van der Waals surface area contributed by atoms with E-state index in [1.165, 1.54) is 12.1 Å². The molecule has 2 fully saturated rings. The highest BCUT2D eigenvalue weighted by molar-refractivity contribution is 5.46. The number of hydrogen-bond acceptors (Lipinski definition) is 5. The molecule has 128 valence electrons. The van der Waals surface area contributed by atoms with Gasteiger partial charge in [-0.05, 0) is 43.0 Å². The summed E-state index contributed by atoms with van der Waals surface area (Å²) in [5, 5.41) is 29.1. The molecule has 0 aromatic heterocycles. The van der Waals surface area contributed by atoms with Crippen LogP contribution in [0, 0.1) is 11.7 Å². The molecule has 2 heterocycles. The summed E-state index contributed by atoms with van der Waals surface area (Å²) < 4.78 is 13.0. The third kappa shape index (κ3) is 4.01. The highest BCUT2D eigenvalue weighted by Crippen LogP contribution is 2.25. The molecule has 3 rings (SSSR count). The zero-order valence-corrected chi connectivity index (χ0v) is 13.2. The number of halogens is 1. The predicted molar refractivity (Wildman–Crippen MR) is 85.8 cm³/mol. The minimum absolute atomic E-state index is 0.215. The summed E-state index contributed by atoms with van der Waals surface area (Å²) in [6.45, 7) is 3.51. The highest BCUT2D eigenvalue weighted by Gasteiger charge is 2.34. The van der Waals surface area contributed by atoms with Crippen LogP contribution in [0.3, 0.4) is 0 Å². The van der Waals surface area contributed by atoms with Crippen LogP contribution in [-0.4, -0.2) is 71.3 Å². The Morgan fingerprint density at radius 2 is 1.52 bits per heavy atom. The van der Waals surface area contributed by atoms with Crippen molar-refractivity contribution in [3.05, 3.63) is 30.1 Å². The van der Waals surface area contributed by atoms with Crippen LogP contribution in [0.4, 0.5) is 10.1 Å². The van der Waals surface area contributed by atoms with E-state index in [2.05, 4.69) is 4.90 Å². The van der Waals surface area contributed by atoms with E-state index < -0.39 is 18.3 Å². The van der Waals surface area contributed by atoms with E-state index >= 15 is 0 Å². The minimum atomic E-state index is -1.04. The Kier molecular flexibility index (Phi) is 5.16. The van der Waals surface area contributed by atoms with Gasteiger partial charge in [-0.2, -0.15) is 0 Å². The third-order valence-corrected chi connectivity index (χ3v) is 5.00. The Labute approximate surface area is 136 Å². The quantitative estimate of drug-likeness (QED) is 0.753. The fraction of sp³-hybridized carbons (Fsp3) is 0.647. The third-order valence-electron chi connectivity index (χ3n) is 5.00. The van der Waals surface area contributed by atoms with Crippen LogP contribution in [0.25, 0.3) is 0 Å². The molecule has 5 nitrogen and oxygen atoms in total. The van der Waals surface area contributed by atoms with Gasteiger partial charge < -0.3 is 20.2 Å². The van der Waals surface area contributed by atoms with Gasteiger partial charge in [0.1, 0.15) is 11.9 Å². The standard InChI is InChI=1S/C17H25FN2O3/c18-13-1-3-14(4-2-13)20-7-5-12(6-8-20)9-19-10-15(21)17(23)16(22)11-19/h1-4,12,15-17,21-23H,5-11H2/t15-,16+,17+. The number of likely N-dealkylation sites (tertiary alicyclic amines) is 1. The molecule has 0 unspecified atom stereocenters. The second kappa shape index (κ2) is 7.13. The van der Waals surface area contributed by atoms with Crippen LogP contribution in [0.1, 0.15) is 12.8 Å². The topological polar surface area (TPSA) is 67.2 Å². The average Bonchev–Trinajstić information content (AvgIpc) is 2.54. The average molecular weight is 324 g/mol. The number of aliphatic hydroxyl groups excluding tert-OH is 3. The molecule has 3 N–H and O–H groups in total. The lowest BCUT2D eigenvalue weighted by Gasteiger charge is -2.40. The lowest BCUT2D eigenvalue weighted by atomic mass is 9.93. The first-order chi connectivity index (χ1) is 11.0. The summed E-state index contributed by atoms with van der Waals surface area (Å²) in [6, 6.07) is 6.61. The Hall–Kier alpha value is -1.21. The van der Waals surface area contributed by atoms with Gasteiger partial charge in [-0.3, -0.25) is 4.90 Å². The number of rotatable bonds is 3. The Morgan fingerprint density at radius 1 is 0.957 bits per heavy atom. The van der Waals surface area contributed by atoms with Crippen LogP contribution in [0.5, 0.6) is 0 Å². The Morgan fingerprint density at radius 3 is 2.09 bits per heavy atom. The van der Waals surface area contributed by atoms with Crippen molar-refractivity contribution in [3.8, 4) is 0 Å². The predicted octanol–water partition coefficient (Wildman–Crippen LogP) is 0.440. The van der Waals surface area contributed by atoms with E-state index in [9.17, 15) is 19.7 Å². The van der Waals surface area contributed by atoms with Crippen LogP contribution in [0.2, 0.25) is 0 Å². The minimum Gasteiger partial charge on any atom is -0.389 e. The first-order valence-electron chi connectivity index (χ1n) is 8.30. The van der Waals surface area contributed by atoms with Gasteiger partial charge in [0, 0.05) is 38.4 Å². The van der Waals surface area contributed by atoms with E-state index in [1.807, 2.05) is 17.0 Å². The van der Waals surface area contributed by atoms with Gasteiger partial charge in [0.2, 0.25) is 0 Å². The van der Waals surface area contributed by atoms with Gasteiger partial charge in [0.25, 0.3) is 0 Å². The maximum absolute atomic E-state index is 13.0. The Bertz CT molecular complexity index is 493. The van der Waals surface area contributed by atoms with E-state index in [4.69, 9.17) is 0 Å². The number of anilines is 1. The largest absolute Gasteiger partial charge is 0.389 e. The van der Waals surface area contributed by atoms with Crippen molar-refractivity contribution in [2.45, 2.75) is 31.2 Å². The van der Waals surface area contributed by atoms with Gasteiger partial charge in [0.05, 0.1) is 12.2 Å². The van der Waals surface area contributed by atoms with Crippen molar-refractivity contribution in [2.24, 2.45) is 5.92 Å². The molecule has 0 saturated carbocycles. The summed E-state index contributed by atoms with van der Waals surface area (Å²) >= 11 is 0. The van der Waals surface area contributed by atoms with Crippen molar-refractivity contribution < 1.29 is 19.7 Å². The van der Waals surface area contributed by atoms with Gasteiger partial charge in [-0.15, -0.1) is 0 Å². The van der Waals surface area contributed by atoms with Gasteiger partial charge in [-0.25, -0.2) is 4.39 Å². The number of piperidine rings is 2. The molecule has 2 saturated heterocycles. The van der Waals surface area contributed by atoms with Crippen LogP contribution < -0.4 is 4.90 Å². The summed E-state index contributed by atoms with van der Waals surface area (Å²) in [7, 11) is 0. The van der Waals surface area contributed by atoms with E-state index in [1.54, 1.807) is 0 Å². The number of nitrogens with zero attached hydrogens (tertiary/aromatic N) is 2. The van der Waals surface area contributed by atoms with Gasteiger partial charge in [-0.1, -0.05) is 0 Å². The molecule has 1 aromatic carbocycles. The molecule has 2 aliphatic rings. The van der Waals surface area contributed by atoms with Crippen molar-refractivity contribution in [3.63, 3.8) is 0 Å². The molecule has 23 heavy (non-hydrogen) atoms. The number of benzene rings is 1. The molecule has 0 spiro atoms. The zero-order chi connectivity index (χ0) is 16.4. The molecular weight excluding hydrogens is 299 g/mol. The second-order valence-electron chi connectivity index (χ2n) is 6.75. The number of β-amino-alcohol motifs (C(OH)–C–C–N with tert-alkyl or cyclic N) is 2. The lowest BCUT2D eigenvalue weighted by molar-refractivity contribution is -0.112. The summed E-state index contributed by atoms with van der Waals surface area (Å²) in [5.41, 5.74) is 1.05. The molecule has 2 aliphatic heterocycles. The Balaban J connectivity index is 1.48. The highest BCUT2D eigenvalue weighted by atomic mass is 19.1. The maximum atomic E-state index is 13.0. The molecular formula is C17H25FN2O3. The summed E-state index contributed by atoms with van der Waals surface area (Å²) in [4.78, 5) is 4.31. The van der Waals surface area contributed by atoms with E-state index in [0.29, 0.717) is 19.0 Å². The van der Waals surface area contributed by atoms with Crippen LogP contribution in [0.15, 0.2) is 24.3 Å². The molecule has 6 heteroatoms. The fourth-order valence-corrected chi connectivity index (χ4v) is 3.62. The molecule has 0 aliphatic carbocycles.